The van der Waals surface area contributed by atoms with E-state index in [1.165, 1.54) is 6.07 Å². The Morgan fingerprint density at radius 2 is 1.95 bits per heavy atom. The molecule has 0 radical (unpaired) electrons. The highest BCUT2D eigenvalue weighted by atomic mass is 32.1. The Balaban J connectivity index is 3.04. The lowest BCUT2D eigenvalue weighted by Gasteiger charge is -2.28. The van der Waals surface area contributed by atoms with Crippen molar-refractivity contribution in [2.45, 2.75) is 45.3 Å². The standard InChI is InChI=1S/C13H16F3NO3S/c1-4-5-8-6-9(21-7(8)2)10(18)17-12(3,11(19)20)13(14,15)16/h6H,4-5H2,1-3H3,(H,17,18)(H,19,20). The van der Waals surface area contributed by atoms with Crippen LogP contribution in [0.1, 0.15) is 40.4 Å². The van der Waals surface area contributed by atoms with E-state index in [1.807, 2.05) is 6.92 Å². The number of aryl methyl sites for hydroxylation is 2. The second-order valence-electron chi connectivity index (χ2n) is 4.82. The van der Waals surface area contributed by atoms with Crippen molar-refractivity contribution >= 4 is 23.2 Å². The molecule has 1 heterocycles. The Morgan fingerprint density at radius 1 is 1.38 bits per heavy atom. The summed E-state index contributed by atoms with van der Waals surface area (Å²) in [7, 11) is 0. The van der Waals surface area contributed by atoms with Crippen molar-refractivity contribution in [1.29, 1.82) is 0 Å². The molecule has 0 bridgehead atoms. The van der Waals surface area contributed by atoms with E-state index in [1.54, 1.807) is 12.2 Å². The average molecular weight is 323 g/mol. The summed E-state index contributed by atoms with van der Waals surface area (Å²) < 4.78 is 38.5. The lowest BCUT2D eigenvalue weighted by molar-refractivity contribution is -0.203. The largest absolute Gasteiger partial charge is 0.479 e. The summed E-state index contributed by atoms with van der Waals surface area (Å²) in [5.74, 6) is -3.18. The number of carboxylic acids is 1. The molecule has 8 heteroatoms. The van der Waals surface area contributed by atoms with Gasteiger partial charge in [0.05, 0.1) is 4.88 Å². The molecule has 0 saturated heterocycles. The Kier molecular flexibility index (Phi) is 5.03. The molecule has 0 aliphatic heterocycles. The van der Waals surface area contributed by atoms with E-state index in [2.05, 4.69) is 0 Å². The zero-order valence-electron chi connectivity index (χ0n) is 11.8. The first-order chi connectivity index (χ1) is 9.52. The number of hydrogen-bond donors (Lipinski definition) is 2. The SMILES string of the molecule is CCCc1cc(C(=O)NC(C)(C(=O)O)C(F)(F)F)sc1C. The number of carbonyl (C=O) groups excluding carboxylic acids is 1. The molecule has 1 aromatic rings. The van der Waals surface area contributed by atoms with E-state index >= 15 is 0 Å². The molecule has 0 aromatic carbocycles. The molecular formula is C13H16F3NO3S. The Labute approximate surface area is 124 Å². The second-order valence-corrected chi connectivity index (χ2v) is 6.08. The van der Waals surface area contributed by atoms with Crippen molar-refractivity contribution in [2.24, 2.45) is 0 Å². The quantitative estimate of drug-likeness (QED) is 0.875. The molecule has 1 rings (SSSR count). The predicted octanol–water partition coefficient (Wildman–Crippen LogP) is 3.14. The summed E-state index contributed by atoms with van der Waals surface area (Å²) in [6.07, 6.45) is -3.54. The summed E-state index contributed by atoms with van der Waals surface area (Å²) in [6.45, 7) is 4.15. The van der Waals surface area contributed by atoms with Crippen LogP contribution >= 0.6 is 11.3 Å². The van der Waals surface area contributed by atoms with Gasteiger partial charge in [-0.05, 0) is 31.9 Å². The Morgan fingerprint density at radius 3 is 2.38 bits per heavy atom. The van der Waals surface area contributed by atoms with Crippen molar-refractivity contribution in [3.8, 4) is 0 Å². The van der Waals surface area contributed by atoms with E-state index in [0.717, 1.165) is 28.2 Å². The van der Waals surface area contributed by atoms with Gasteiger partial charge in [-0.15, -0.1) is 11.3 Å². The summed E-state index contributed by atoms with van der Waals surface area (Å²) in [4.78, 5) is 23.7. The van der Waals surface area contributed by atoms with Gasteiger partial charge in [-0.1, -0.05) is 13.3 Å². The van der Waals surface area contributed by atoms with Gasteiger partial charge in [0, 0.05) is 4.88 Å². The number of carbonyl (C=O) groups is 2. The van der Waals surface area contributed by atoms with Gasteiger partial charge in [0.25, 0.3) is 5.91 Å². The molecule has 1 aromatic heterocycles. The van der Waals surface area contributed by atoms with Crippen LogP contribution < -0.4 is 5.32 Å². The van der Waals surface area contributed by atoms with Crippen LogP contribution in [0, 0.1) is 6.92 Å². The van der Waals surface area contributed by atoms with Gasteiger partial charge in [-0.25, -0.2) is 4.79 Å². The fraction of sp³-hybridized carbons (Fsp3) is 0.538. The minimum absolute atomic E-state index is 0.0766. The van der Waals surface area contributed by atoms with Gasteiger partial charge in [-0.2, -0.15) is 13.2 Å². The number of halogens is 3. The smallest absolute Gasteiger partial charge is 0.422 e. The van der Waals surface area contributed by atoms with E-state index in [-0.39, 0.29) is 4.88 Å². The molecule has 21 heavy (non-hydrogen) atoms. The molecule has 0 fully saturated rings. The lowest BCUT2D eigenvalue weighted by Crippen LogP contribution is -2.61. The number of carboxylic acid groups (broad SMARTS) is 1. The summed E-state index contributed by atoms with van der Waals surface area (Å²) in [5.41, 5.74) is -2.43. The highest BCUT2D eigenvalue weighted by molar-refractivity contribution is 7.14. The zero-order chi connectivity index (χ0) is 16.4. The maximum absolute atomic E-state index is 12.8. The van der Waals surface area contributed by atoms with Crippen LogP contribution in [0.4, 0.5) is 13.2 Å². The van der Waals surface area contributed by atoms with Crippen molar-refractivity contribution in [3.63, 3.8) is 0 Å². The average Bonchev–Trinajstić information content (AvgIpc) is 2.70. The minimum atomic E-state index is -5.09. The van der Waals surface area contributed by atoms with Crippen molar-refractivity contribution in [3.05, 3.63) is 21.4 Å². The molecule has 0 spiro atoms. The monoisotopic (exact) mass is 323 g/mol. The van der Waals surface area contributed by atoms with Crippen molar-refractivity contribution < 1.29 is 27.9 Å². The zero-order valence-corrected chi connectivity index (χ0v) is 12.6. The molecule has 0 aliphatic carbocycles. The summed E-state index contributed by atoms with van der Waals surface area (Å²) in [5, 5.41) is 10.4. The minimum Gasteiger partial charge on any atom is -0.479 e. The first kappa shape index (κ1) is 17.5. The van der Waals surface area contributed by atoms with Crippen LogP contribution in [0.25, 0.3) is 0 Å². The van der Waals surface area contributed by atoms with Crippen LogP contribution in [0.3, 0.4) is 0 Å². The van der Waals surface area contributed by atoms with Gasteiger partial charge in [0.15, 0.2) is 0 Å². The molecule has 4 nitrogen and oxygen atoms in total. The molecule has 0 aliphatic rings. The Hall–Kier alpha value is -1.57. The normalized spacial score (nSPS) is 14.6. The number of amides is 1. The second kappa shape index (κ2) is 6.05. The first-order valence-electron chi connectivity index (χ1n) is 6.25. The highest BCUT2D eigenvalue weighted by Gasteiger charge is 2.58. The lowest BCUT2D eigenvalue weighted by atomic mass is 10.0. The third-order valence-electron chi connectivity index (χ3n) is 3.12. The number of thiophene rings is 1. The van der Waals surface area contributed by atoms with Crippen molar-refractivity contribution in [1.82, 2.24) is 5.32 Å². The van der Waals surface area contributed by atoms with Crippen molar-refractivity contribution in [2.75, 3.05) is 0 Å². The molecule has 2 N–H and O–H groups in total. The fourth-order valence-corrected chi connectivity index (χ4v) is 2.65. The van der Waals surface area contributed by atoms with E-state index < -0.39 is 23.6 Å². The molecule has 1 amide bonds. The van der Waals surface area contributed by atoms with Gasteiger partial charge < -0.3 is 10.4 Å². The van der Waals surface area contributed by atoms with E-state index in [9.17, 15) is 22.8 Å². The predicted molar refractivity (Wildman–Crippen MR) is 72.6 cm³/mol. The number of aliphatic carboxylic acids is 1. The maximum Gasteiger partial charge on any atom is 0.422 e. The van der Waals surface area contributed by atoms with E-state index in [0.29, 0.717) is 13.3 Å². The molecule has 1 unspecified atom stereocenters. The summed E-state index contributed by atoms with van der Waals surface area (Å²) >= 11 is 1.05. The number of hydrogen-bond acceptors (Lipinski definition) is 3. The maximum atomic E-state index is 12.8. The van der Waals surface area contributed by atoms with Gasteiger partial charge in [0.1, 0.15) is 0 Å². The summed E-state index contributed by atoms with van der Waals surface area (Å²) in [6, 6.07) is 1.51. The highest BCUT2D eigenvalue weighted by Crippen LogP contribution is 2.31. The fourth-order valence-electron chi connectivity index (χ4n) is 1.68. The third-order valence-corrected chi connectivity index (χ3v) is 4.21. The third kappa shape index (κ3) is 3.55. The topological polar surface area (TPSA) is 66.4 Å². The van der Waals surface area contributed by atoms with E-state index in [4.69, 9.17) is 5.11 Å². The molecule has 118 valence electrons. The van der Waals surface area contributed by atoms with Crippen LogP contribution in [-0.2, 0) is 11.2 Å². The van der Waals surface area contributed by atoms with Gasteiger partial charge in [0.2, 0.25) is 5.54 Å². The van der Waals surface area contributed by atoms with Gasteiger partial charge >= 0.3 is 12.1 Å². The molecule has 1 atom stereocenters. The molecular weight excluding hydrogens is 307 g/mol. The van der Waals surface area contributed by atoms with Gasteiger partial charge in [-0.3, -0.25) is 4.79 Å². The number of rotatable bonds is 5. The molecule has 0 saturated carbocycles. The number of nitrogens with one attached hydrogen (secondary N) is 1. The van der Waals surface area contributed by atoms with Crippen LogP contribution in [-0.4, -0.2) is 28.7 Å². The van der Waals surface area contributed by atoms with Crippen LogP contribution in [0.15, 0.2) is 6.07 Å². The van der Waals surface area contributed by atoms with Crippen LogP contribution in [0.2, 0.25) is 0 Å². The first-order valence-corrected chi connectivity index (χ1v) is 7.06. The van der Waals surface area contributed by atoms with Crippen LogP contribution in [0.5, 0.6) is 0 Å². The Bertz CT molecular complexity index is 553. The number of alkyl halides is 3.